The molecule has 4 heteroatoms. The quantitative estimate of drug-likeness (QED) is 0.792. The summed E-state index contributed by atoms with van der Waals surface area (Å²) in [5, 5.41) is 3.23. The van der Waals surface area contributed by atoms with Gasteiger partial charge in [-0.2, -0.15) is 0 Å². The summed E-state index contributed by atoms with van der Waals surface area (Å²) in [4.78, 5) is 14.3. The molecule has 0 spiro atoms. The molecule has 1 amide bonds. The number of amides is 1. The highest BCUT2D eigenvalue weighted by atomic mass is 16.5. The van der Waals surface area contributed by atoms with E-state index in [1.807, 2.05) is 32.6 Å². The average Bonchev–Trinajstić information content (AvgIpc) is 2.29. The van der Waals surface area contributed by atoms with Gasteiger partial charge in [0.2, 0.25) is 5.91 Å². The van der Waals surface area contributed by atoms with Crippen molar-refractivity contribution in [2.24, 2.45) is 0 Å². The first-order chi connectivity index (χ1) is 8.01. The minimum Gasteiger partial charge on any atom is -0.377 e. The van der Waals surface area contributed by atoms with Gasteiger partial charge in [-0.1, -0.05) is 6.92 Å². The molecule has 0 aromatic rings. The second-order valence-corrected chi connectivity index (χ2v) is 5.13. The molecule has 1 saturated heterocycles. The molecule has 1 aliphatic heterocycles. The highest BCUT2D eigenvalue weighted by molar-refractivity contribution is 5.85. The van der Waals surface area contributed by atoms with Gasteiger partial charge in [-0.15, -0.1) is 0 Å². The Labute approximate surface area is 105 Å². The summed E-state index contributed by atoms with van der Waals surface area (Å²) in [6, 6.07) is 0. The van der Waals surface area contributed by atoms with E-state index >= 15 is 0 Å². The van der Waals surface area contributed by atoms with E-state index in [0.717, 1.165) is 39.1 Å². The predicted molar refractivity (Wildman–Crippen MR) is 69.0 cm³/mol. The van der Waals surface area contributed by atoms with E-state index in [1.165, 1.54) is 0 Å². The number of hydrogen-bond donors (Lipinski definition) is 1. The predicted octanol–water partition coefficient (Wildman–Crippen LogP) is 1.40. The molecule has 1 aliphatic rings. The van der Waals surface area contributed by atoms with Gasteiger partial charge in [0.05, 0.1) is 11.6 Å². The van der Waals surface area contributed by atoms with Crippen LogP contribution in [-0.4, -0.2) is 48.7 Å². The Kier molecular flexibility index (Phi) is 5.40. The largest absolute Gasteiger partial charge is 0.377 e. The van der Waals surface area contributed by atoms with Gasteiger partial charge in [0.25, 0.3) is 0 Å². The third-order valence-corrected chi connectivity index (χ3v) is 3.22. The molecule has 1 fully saturated rings. The molecule has 17 heavy (non-hydrogen) atoms. The monoisotopic (exact) mass is 242 g/mol. The zero-order valence-electron chi connectivity index (χ0n) is 11.6. The van der Waals surface area contributed by atoms with Crippen LogP contribution in [0.15, 0.2) is 0 Å². The van der Waals surface area contributed by atoms with Crippen molar-refractivity contribution in [2.45, 2.75) is 52.2 Å². The molecule has 0 aromatic heterocycles. The summed E-state index contributed by atoms with van der Waals surface area (Å²) < 4.78 is 5.62. The van der Waals surface area contributed by atoms with E-state index in [9.17, 15) is 4.79 Å². The second-order valence-electron chi connectivity index (χ2n) is 5.13. The zero-order valence-corrected chi connectivity index (χ0v) is 11.6. The van der Waals surface area contributed by atoms with Crippen LogP contribution in [-0.2, 0) is 9.53 Å². The number of rotatable bonds is 5. The molecule has 0 radical (unpaired) electrons. The van der Waals surface area contributed by atoms with Crippen LogP contribution in [0.25, 0.3) is 0 Å². The van der Waals surface area contributed by atoms with Crippen LogP contribution in [0, 0.1) is 0 Å². The van der Waals surface area contributed by atoms with Gasteiger partial charge < -0.3 is 15.0 Å². The number of piperidine rings is 1. The van der Waals surface area contributed by atoms with Crippen LogP contribution < -0.4 is 5.32 Å². The molecule has 100 valence electrons. The summed E-state index contributed by atoms with van der Waals surface area (Å²) in [6.07, 6.45) is 2.33. The summed E-state index contributed by atoms with van der Waals surface area (Å²) in [7, 11) is 0. The van der Waals surface area contributed by atoms with Crippen LogP contribution in [0.1, 0.15) is 40.5 Å². The lowest BCUT2D eigenvalue weighted by molar-refractivity contribution is -0.141. The molecule has 1 rings (SSSR count). The molecule has 1 unspecified atom stereocenters. The molecule has 0 aliphatic carbocycles. The molecule has 1 atom stereocenters. The van der Waals surface area contributed by atoms with E-state index in [2.05, 4.69) is 5.32 Å². The fraction of sp³-hybridized carbons (Fsp3) is 0.923. The highest BCUT2D eigenvalue weighted by Gasteiger charge is 2.33. The minimum absolute atomic E-state index is 0.184. The lowest BCUT2D eigenvalue weighted by Gasteiger charge is -2.37. The number of hydrogen-bond acceptors (Lipinski definition) is 3. The van der Waals surface area contributed by atoms with E-state index in [1.54, 1.807) is 0 Å². The van der Waals surface area contributed by atoms with Crippen molar-refractivity contribution in [3.05, 3.63) is 0 Å². The fourth-order valence-electron chi connectivity index (χ4n) is 2.41. The molecule has 4 nitrogen and oxygen atoms in total. The molecule has 0 saturated carbocycles. The minimum atomic E-state index is -0.469. The number of nitrogens with one attached hydrogen (secondary N) is 1. The fourth-order valence-corrected chi connectivity index (χ4v) is 2.41. The Morgan fingerprint density at radius 2 is 2.18 bits per heavy atom. The first kappa shape index (κ1) is 14.5. The van der Waals surface area contributed by atoms with Gasteiger partial charge in [0.1, 0.15) is 0 Å². The van der Waals surface area contributed by atoms with Crippen molar-refractivity contribution >= 4 is 5.91 Å². The third kappa shape index (κ3) is 3.96. The van der Waals surface area contributed by atoms with Crippen molar-refractivity contribution in [3.8, 4) is 0 Å². The van der Waals surface area contributed by atoms with E-state index in [-0.39, 0.29) is 12.0 Å². The molecule has 1 heterocycles. The maximum absolute atomic E-state index is 12.4. The van der Waals surface area contributed by atoms with Crippen LogP contribution in [0.4, 0.5) is 0 Å². The van der Waals surface area contributed by atoms with Gasteiger partial charge in [-0.3, -0.25) is 4.79 Å². The summed E-state index contributed by atoms with van der Waals surface area (Å²) >= 11 is 0. The smallest absolute Gasteiger partial charge is 0.242 e. The number of likely N-dealkylation sites (tertiary alicyclic amines) is 1. The highest BCUT2D eigenvalue weighted by Crippen LogP contribution is 2.17. The topological polar surface area (TPSA) is 41.6 Å². The van der Waals surface area contributed by atoms with Gasteiger partial charge in [-0.25, -0.2) is 0 Å². The number of carbonyl (C=O) groups is 1. The SMILES string of the molecule is CCNC(C)(C)C(=O)N1CCCC(OCC)C1. The lowest BCUT2D eigenvalue weighted by Crippen LogP contribution is -2.56. The van der Waals surface area contributed by atoms with Crippen molar-refractivity contribution in [2.75, 3.05) is 26.2 Å². The zero-order chi connectivity index (χ0) is 12.9. The van der Waals surface area contributed by atoms with Crippen molar-refractivity contribution in [3.63, 3.8) is 0 Å². The molecular formula is C13H26N2O2. The van der Waals surface area contributed by atoms with E-state index in [4.69, 9.17) is 4.74 Å². The van der Waals surface area contributed by atoms with Crippen molar-refractivity contribution < 1.29 is 9.53 Å². The van der Waals surface area contributed by atoms with Gasteiger partial charge in [0.15, 0.2) is 0 Å². The number of nitrogens with zero attached hydrogens (tertiary/aromatic N) is 1. The summed E-state index contributed by atoms with van der Waals surface area (Å²) in [5.74, 6) is 0.184. The Balaban J connectivity index is 2.56. The number of likely N-dealkylation sites (N-methyl/N-ethyl adjacent to an activating group) is 1. The van der Waals surface area contributed by atoms with Gasteiger partial charge >= 0.3 is 0 Å². The Morgan fingerprint density at radius 1 is 1.47 bits per heavy atom. The standard InChI is InChI=1S/C13H26N2O2/c1-5-14-13(3,4)12(16)15-9-7-8-11(10-15)17-6-2/h11,14H,5-10H2,1-4H3. The summed E-state index contributed by atoms with van der Waals surface area (Å²) in [6.45, 7) is 11.0. The van der Waals surface area contributed by atoms with E-state index < -0.39 is 5.54 Å². The average molecular weight is 242 g/mol. The maximum Gasteiger partial charge on any atom is 0.242 e. The first-order valence-corrected chi connectivity index (χ1v) is 6.67. The molecule has 0 aromatic carbocycles. The van der Waals surface area contributed by atoms with Gasteiger partial charge in [0, 0.05) is 19.7 Å². The van der Waals surface area contributed by atoms with Crippen LogP contribution >= 0.6 is 0 Å². The normalized spacial score (nSPS) is 21.6. The number of carbonyl (C=O) groups excluding carboxylic acids is 1. The van der Waals surface area contributed by atoms with Crippen LogP contribution in [0.3, 0.4) is 0 Å². The first-order valence-electron chi connectivity index (χ1n) is 6.67. The maximum atomic E-state index is 12.4. The Morgan fingerprint density at radius 3 is 2.76 bits per heavy atom. The van der Waals surface area contributed by atoms with Crippen molar-refractivity contribution in [1.82, 2.24) is 10.2 Å². The third-order valence-electron chi connectivity index (χ3n) is 3.22. The molecular weight excluding hydrogens is 216 g/mol. The lowest BCUT2D eigenvalue weighted by atomic mass is 10.00. The van der Waals surface area contributed by atoms with Crippen LogP contribution in [0.5, 0.6) is 0 Å². The molecule has 1 N–H and O–H groups in total. The molecule has 0 bridgehead atoms. The van der Waals surface area contributed by atoms with Gasteiger partial charge in [-0.05, 0) is 40.2 Å². The summed E-state index contributed by atoms with van der Waals surface area (Å²) in [5.41, 5.74) is -0.469. The second kappa shape index (κ2) is 6.36. The van der Waals surface area contributed by atoms with Crippen LogP contribution in [0.2, 0.25) is 0 Å². The van der Waals surface area contributed by atoms with Crippen molar-refractivity contribution in [1.29, 1.82) is 0 Å². The Hall–Kier alpha value is -0.610. The Bertz CT molecular complexity index is 252. The number of ether oxygens (including phenoxy) is 1. The van der Waals surface area contributed by atoms with E-state index in [0.29, 0.717) is 0 Å².